The van der Waals surface area contributed by atoms with Gasteiger partial charge in [0.2, 0.25) is 0 Å². The van der Waals surface area contributed by atoms with Crippen LogP contribution < -0.4 is 5.73 Å². The molecule has 3 nitrogen and oxygen atoms in total. The second kappa shape index (κ2) is 2.62. The summed E-state index contributed by atoms with van der Waals surface area (Å²) >= 11 is 0. The summed E-state index contributed by atoms with van der Waals surface area (Å²) in [5.41, 5.74) is 7.19. The third kappa shape index (κ3) is 1.18. The molecule has 0 spiro atoms. The van der Waals surface area contributed by atoms with Gasteiger partial charge in [-0.1, -0.05) is 18.2 Å². The molecule has 0 aliphatic carbocycles. The second-order valence-electron chi connectivity index (χ2n) is 3.02. The van der Waals surface area contributed by atoms with Crippen molar-refractivity contribution in [3.05, 3.63) is 35.6 Å². The SMILES string of the molecule is Cc1cccc2cc(C(=N)N)oc12. The van der Waals surface area contributed by atoms with Gasteiger partial charge in [-0.15, -0.1) is 0 Å². The summed E-state index contributed by atoms with van der Waals surface area (Å²) < 4.78 is 5.41. The van der Waals surface area contributed by atoms with E-state index in [1.165, 1.54) is 0 Å². The van der Waals surface area contributed by atoms with E-state index in [0.29, 0.717) is 5.76 Å². The normalized spacial score (nSPS) is 10.5. The van der Waals surface area contributed by atoms with Gasteiger partial charge < -0.3 is 10.2 Å². The van der Waals surface area contributed by atoms with Gasteiger partial charge >= 0.3 is 0 Å². The van der Waals surface area contributed by atoms with E-state index in [4.69, 9.17) is 15.6 Å². The van der Waals surface area contributed by atoms with E-state index < -0.39 is 0 Å². The van der Waals surface area contributed by atoms with Crippen molar-refractivity contribution in [2.24, 2.45) is 5.73 Å². The number of benzene rings is 1. The number of hydrogen-bond donors (Lipinski definition) is 2. The number of fused-ring (bicyclic) bond motifs is 1. The van der Waals surface area contributed by atoms with Gasteiger partial charge in [0.1, 0.15) is 5.58 Å². The van der Waals surface area contributed by atoms with Crippen molar-refractivity contribution in [1.82, 2.24) is 0 Å². The molecule has 1 aromatic carbocycles. The van der Waals surface area contributed by atoms with Crippen LogP contribution in [0.25, 0.3) is 11.0 Å². The summed E-state index contributed by atoms with van der Waals surface area (Å²) in [5, 5.41) is 8.21. The fraction of sp³-hybridized carbons (Fsp3) is 0.100. The third-order valence-corrected chi connectivity index (χ3v) is 2.01. The number of nitrogens with two attached hydrogens (primary N) is 1. The van der Waals surface area contributed by atoms with Crippen LogP contribution in [0.5, 0.6) is 0 Å². The van der Waals surface area contributed by atoms with Gasteiger partial charge in [0.25, 0.3) is 0 Å². The number of furan rings is 1. The molecule has 3 heteroatoms. The number of nitrogen functional groups attached to an aromatic ring is 1. The highest BCUT2D eigenvalue weighted by Crippen LogP contribution is 2.21. The molecule has 0 fully saturated rings. The van der Waals surface area contributed by atoms with E-state index in [0.717, 1.165) is 16.5 Å². The molecule has 0 amide bonds. The highest BCUT2D eigenvalue weighted by atomic mass is 16.3. The molecule has 1 aromatic heterocycles. The van der Waals surface area contributed by atoms with Crippen molar-refractivity contribution in [2.45, 2.75) is 6.92 Å². The minimum atomic E-state index is -0.0319. The maximum Gasteiger partial charge on any atom is 0.169 e. The van der Waals surface area contributed by atoms with Gasteiger partial charge in [0, 0.05) is 5.39 Å². The van der Waals surface area contributed by atoms with Gasteiger partial charge in [-0.3, -0.25) is 5.41 Å². The van der Waals surface area contributed by atoms with Crippen molar-refractivity contribution in [3.63, 3.8) is 0 Å². The smallest absolute Gasteiger partial charge is 0.169 e. The lowest BCUT2D eigenvalue weighted by atomic mass is 10.2. The van der Waals surface area contributed by atoms with Crippen LogP contribution in [0.3, 0.4) is 0 Å². The van der Waals surface area contributed by atoms with Gasteiger partial charge in [-0.25, -0.2) is 0 Å². The molecular weight excluding hydrogens is 164 g/mol. The summed E-state index contributed by atoms with van der Waals surface area (Å²) in [4.78, 5) is 0. The number of rotatable bonds is 1. The van der Waals surface area contributed by atoms with E-state index in [9.17, 15) is 0 Å². The Balaban J connectivity index is 2.75. The zero-order valence-electron chi connectivity index (χ0n) is 7.29. The highest BCUT2D eigenvalue weighted by molar-refractivity contribution is 5.97. The molecule has 1 heterocycles. The van der Waals surface area contributed by atoms with Gasteiger partial charge in [0.05, 0.1) is 0 Å². The minimum Gasteiger partial charge on any atom is -0.453 e. The predicted molar refractivity (Wildman–Crippen MR) is 52.0 cm³/mol. The molecule has 0 atom stereocenters. The number of nitrogens with one attached hydrogen (secondary N) is 1. The molecule has 0 bridgehead atoms. The first-order chi connectivity index (χ1) is 6.18. The van der Waals surface area contributed by atoms with E-state index in [1.54, 1.807) is 6.07 Å². The molecule has 0 aliphatic rings. The maximum absolute atomic E-state index is 7.22. The largest absolute Gasteiger partial charge is 0.453 e. The number of aryl methyl sites for hydroxylation is 1. The van der Waals surface area contributed by atoms with Crippen molar-refractivity contribution in [3.8, 4) is 0 Å². The van der Waals surface area contributed by atoms with Crippen LogP contribution in [0.15, 0.2) is 28.7 Å². The average molecular weight is 174 g/mol. The quantitative estimate of drug-likeness (QED) is 0.513. The third-order valence-electron chi connectivity index (χ3n) is 2.01. The number of hydrogen-bond acceptors (Lipinski definition) is 2. The summed E-state index contributed by atoms with van der Waals surface area (Å²) in [6.45, 7) is 1.97. The molecule has 0 aliphatic heterocycles. The Kier molecular flexibility index (Phi) is 1.59. The number of amidine groups is 1. The summed E-state index contributed by atoms with van der Waals surface area (Å²) in [6, 6.07) is 7.65. The van der Waals surface area contributed by atoms with Crippen molar-refractivity contribution in [1.29, 1.82) is 5.41 Å². The Morgan fingerprint density at radius 2 is 2.23 bits per heavy atom. The lowest BCUT2D eigenvalue weighted by Crippen LogP contribution is -2.09. The zero-order chi connectivity index (χ0) is 9.42. The molecule has 2 aromatic rings. The fourth-order valence-electron chi connectivity index (χ4n) is 1.34. The van der Waals surface area contributed by atoms with Crippen molar-refractivity contribution in [2.75, 3.05) is 0 Å². The van der Waals surface area contributed by atoms with Crippen molar-refractivity contribution < 1.29 is 4.42 Å². The molecule has 3 N–H and O–H groups in total. The molecule has 66 valence electrons. The van der Waals surface area contributed by atoms with Crippen LogP contribution in [0.1, 0.15) is 11.3 Å². The lowest BCUT2D eigenvalue weighted by Gasteiger charge is -1.91. The van der Waals surface area contributed by atoms with Gasteiger partial charge in [-0.2, -0.15) is 0 Å². The zero-order valence-corrected chi connectivity index (χ0v) is 7.29. The van der Waals surface area contributed by atoms with Crippen LogP contribution in [0, 0.1) is 12.3 Å². The maximum atomic E-state index is 7.22. The Labute approximate surface area is 75.7 Å². The Bertz CT molecular complexity index is 471. The topological polar surface area (TPSA) is 63.0 Å². The standard InChI is InChI=1S/C10H10N2O/c1-6-3-2-4-7-5-8(10(11)12)13-9(6)7/h2-5H,1H3,(H3,11,12). The van der Waals surface area contributed by atoms with Crippen LogP contribution in [0.4, 0.5) is 0 Å². The number of para-hydroxylation sites is 1. The summed E-state index contributed by atoms with van der Waals surface area (Å²) in [5.74, 6) is 0.403. The highest BCUT2D eigenvalue weighted by Gasteiger charge is 2.06. The van der Waals surface area contributed by atoms with Crippen LogP contribution in [-0.2, 0) is 0 Å². The average Bonchev–Trinajstić information content (AvgIpc) is 2.49. The molecule has 2 rings (SSSR count). The Morgan fingerprint density at radius 3 is 2.85 bits per heavy atom. The Morgan fingerprint density at radius 1 is 1.46 bits per heavy atom. The molecule has 0 saturated heterocycles. The molecule has 0 radical (unpaired) electrons. The van der Waals surface area contributed by atoms with Crippen LogP contribution in [0.2, 0.25) is 0 Å². The molecule has 0 unspecified atom stereocenters. The van der Waals surface area contributed by atoms with Gasteiger partial charge in [-0.05, 0) is 18.6 Å². The summed E-state index contributed by atoms with van der Waals surface area (Å²) in [7, 11) is 0. The predicted octanol–water partition coefficient (Wildman–Crippen LogP) is 2.03. The lowest BCUT2D eigenvalue weighted by molar-refractivity contribution is 0.600. The Hall–Kier alpha value is -1.77. The molecular formula is C10H10N2O. The van der Waals surface area contributed by atoms with Crippen LogP contribution in [-0.4, -0.2) is 5.84 Å². The van der Waals surface area contributed by atoms with E-state index in [-0.39, 0.29) is 5.84 Å². The van der Waals surface area contributed by atoms with E-state index in [1.807, 2.05) is 25.1 Å². The molecule has 13 heavy (non-hydrogen) atoms. The fourth-order valence-corrected chi connectivity index (χ4v) is 1.34. The molecule has 0 saturated carbocycles. The van der Waals surface area contributed by atoms with E-state index >= 15 is 0 Å². The van der Waals surface area contributed by atoms with Gasteiger partial charge in [0.15, 0.2) is 11.6 Å². The monoisotopic (exact) mass is 174 g/mol. The van der Waals surface area contributed by atoms with Crippen molar-refractivity contribution >= 4 is 16.8 Å². The van der Waals surface area contributed by atoms with E-state index in [2.05, 4.69) is 0 Å². The summed E-state index contributed by atoms with van der Waals surface area (Å²) in [6.07, 6.45) is 0. The first kappa shape index (κ1) is 7.86. The minimum absolute atomic E-state index is 0.0319. The van der Waals surface area contributed by atoms with Crippen LogP contribution >= 0.6 is 0 Å². The first-order valence-electron chi connectivity index (χ1n) is 4.02. The second-order valence-corrected chi connectivity index (χ2v) is 3.02. The first-order valence-corrected chi connectivity index (χ1v) is 4.02.